The van der Waals surface area contributed by atoms with Gasteiger partial charge in [0.05, 0.1) is 13.2 Å². The van der Waals surface area contributed by atoms with Gasteiger partial charge in [-0.05, 0) is 25.5 Å². The quantitative estimate of drug-likeness (QED) is 0.558. The lowest BCUT2D eigenvalue weighted by Crippen LogP contribution is -2.40. The first-order valence-corrected chi connectivity index (χ1v) is 6.82. The predicted octanol–water partition coefficient (Wildman–Crippen LogP) is 2.45. The van der Waals surface area contributed by atoms with Gasteiger partial charge in [0, 0.05) is 17.8 Å². The lowest BCUT2D eigenvalue weighted by molar-refractivity contribution is 0.154. The Labute approximate surface area is 97.8 Å². The minimum Gasteiger partial charge on any atom is -0.376 e. The van der Waals surface area contributed by atoms with Gasteiger partial charge in [-0.1, -0.05) is 19.1 Å². The maximum Gasteiger partial charge on any atom is 0.0672 e. The number of hydrogen-bond donors (Lipinski definition) is 1. The molecule has 1 aliphatic heterocycles. The van der Waals surface area contributed by atoms with Gasteiger partial charge >= 0.3 is 0 Å². The fourth-order valence-electron chi connectivity index (χ4n) is 1.75. The summed E-state index contributed by atoms with van der Waals surface area (Å²) in [5.41, 5.74) is 1.09. The first kappa shape index (κ1) is 13.1. The van der Waals surface area contributed by atoms with Crippen LogP contribution in [0.4, 0.5) is 0 Å². The van der Waals surface area contributed by atoms with E-state index in [9.17, 15) is 0 Å². The zero-order chi connectivity index (χ0) is 11.1. The van der Waals surface area contributed by atoms with Crippen molar-refractivity contribution in [2.24, 2.45) is 0 Å². The van der Waals surface area contributed by atoms with E-state index < -0.39 is 0 Å². The van der Waals surface area contributed by atoms with Gasteiger partial charge in [-0.3, -0.25) is 0 Å². The number of rotatable bonds is 6. The summed E-state index contributed by atoms with van der Waals surface area (Å²) in [6.45, 7) is 10.6. The number of thioether (sulfide) groups is 1. The summed E-state index contributed by atoms with van der Waals surface area (Å²) in [5.74, 6) is 1.32. The van der Waals surface area contributed by atoms with Crippen LogP contribution in [0.1, 0.15) is 26.7 Å². The Kier molecular flexibility index (Phi) is 6.37. The van der Waals surface area contributed by atoms with Crippen LogP contribution in [-0.2, 0) is 4.74 Å². The highest BCUT2D eigenvalue weighted by Crippen LogP contribution is 2.24. The molecule has 1 N–H and O–H groups in total. The average Bonchev–Trinajstić information content (AvgIpc) is 2.20. The highest BCUT2D eigenvalue weighted by atomic mass is 32.2. The van der Waals surface area contributed by atoms with E-state index >= 15 is 0 Å². The number of hydrogen-bond acceptors (Lipinski definition) is 3. The molecule has 0 spiro atoms. The average molecular weight is 229 g/mol. The van der Waals surface area contributed by atoms with Crippen LogP contribution in [0.2, 0.25) is 0 Å². The van der Waals surface area contributed by atoms with E-state index in [4.69, 9.17) is 4.74 Å². The standard InChI is InChI=1S/C12H23NOS/c1-10(2)9-14-7-6-13-12-5-4-8-15-11(12)3/h11-13H,1,4-9H2,2-3H3. The maximum absolute atomic E-state index is 5.45. The van der Waals surface area contributed by atoms with Crippen molar-refractivity contribution in [1.82, 2.24) is 5.32 Å². The maximum atomic E-state index is 5.45. The molecule has 0 aromatic carbocycles. The molecule has 1 fully saturated rings. The summed E-state index contributed by atoms with van der Waals surface area (Å²) in [6.07, 6.45) is 2.66. The Morgan fingerprint density at radius 2 is 2.40 bits per heavy atom. The highest BCUT2D eigenvalue weighted by Gasteiger charge is 2.20. The normalized spacial score (nSPS) is 26.5. The van der Waals surface area contributed by atoms with Gasteiger partial charge in [0.15, 0.2) is 0 Å². The molecule has 0 aliphatic carbocycles. The predicted molar refractivity (Wildman–Crippen MR) is 68.6 cm³/mol. The third-order valence-electron chi connectivity index (χ3n) is 2.61. The van der Waals surface area contributed by atoms with Crippen molar-refractivity contribution in [3.05, 3.63) is 12.2 Å². The van der Waals surface area contributed by atoms with Crippen LogP contribution in [0, 0.1) is 0 Å². The molecule has 0 aromatic rings. The zero-order valence-corrected chi connectivity index (χ0v) is 10.7. The summed E-state index contributed by atoms with van der Waals surface area (Å²) in [6, 6.07) is 0.678. The summed E-state index contributed by atoms with van der Waals surface area (Å²) in [5, 5.41) is 4.32. The summed E-state index contributed by atoms with van der Waals surface area (Å²) < 4.78 is 5.45. The number of nitrogens with one attached hydrogen (secondary N) is 1. The summed E-state index contributed by atoms with van der Waals surface area (Å²) in [4.78, 5) is 0. The molecule has 2 atom stereocenters. The molecule has 3 heteroatoms. The molecule has 15 heavy (non-hydrogen) atoms. The lowest BCUT2D eigenvalue weighted by Gasteiger charge is -2.29. The lowest BCUT2D eigenvalue weighted by atomic mass is 10.1. The molecule has 2 unspecified atom stereocenters. The van der Waals surface area contributed by atoms with Gasteiger partial charge in [-0.25, -0.2) is 0 Å². The van der Waals surface area contributed by atoms with Crippen LogP contribution in [0.15, 0.2) is 12.2 Å². The van der Waals surface area contributed by atoms with E-state index in [1.165, 1.54) is 18.6 Å². The smallest absolute Gasteiger partial charge is 0.0672 e. The third kappa shape index (κ3) is 5.59. The highest BCUT2D eigenvalue weighted by molar-refractivity contribution is 7.99. The van der Waals surface area contributed by atoms with Crippen LogP contribution < -0.4 is 5.32 Å². The largest absolute Gasteiger partial charge is 0.376 e. The molecule has 1 aliphatic rings. The van der Waals surface area contributed by atoms with E-state index in [-0.39, 0.29) is 0 Å². The fraction of sp³-hybridized carbons (Fsp3) is 0.833. The minimum atomic E-state index is 0.678. The van der Waals surface area contributed by atoms with E-state index in [1.54, 1.807) is 0 Å². The van der Waals surface area contributed by atoms with Crippen LogP contribution in [-0.4, -0.2) is 36.8 Å². The van der Waals surface area contributed by atoms with Gasteiger partial charge in [0.1, 0.15) is 0 Å². The van der Waals surface area contributed by atoms with Crippen LogP contribution >= 0.6 is 11.8 Å². The van der Waals surface area contributed by atoms with Crippen molar-refractivity contribution in [2.45, 2.75) is 38.0 Å². The topological polar surface area (TPSA) is 21.3 Å². The molecule has 0 saturated carbocycles. The molecular weight excluding hydrogens is 206 g/mol. The van der Waals surface area contributed by atoms with Crippen molar-refractivity contribution >= 4 is 11.8 Å². The summed E-state index contributed by atoms with van der Waals surface area (Å²) in [7, 11) is 0. The van der Waals surface area contributed by atoms with E-state index in [1.807, 2.05) is 6.92 Å². The molecule has 1 saturated heterocycles. The molecular formula is C12H23NOS. The van der Waals surface area contributed by atoms with E-state index in [0.717, 1.165) is 24.0 Å². The summed E-state index contributed by atoms with van der Waals surface area (Å²) >= 11 is 2.08. The Bertz CT molecular complexity index is 196. The Morgan fingerprint density at radius 3 is 3.07 bits per heavy atom. The van der Waals surface area contributed by atoms with Gasteiger partial charge in [0.2, 0.25) is 0 Å². The Hall–Kier alpha value is 0.0100. The van der Waals surface area contributed by atoms with Crippen molar-refractivity contribution in [1.29, 1.82) is 0 Å². The van der Waals surface area contributed by atoms with Crippen molar-refractivity contribution in [2.75, 3.05) is 25.5 Å². The second kappa shape index (κ2) is 7.31. The van der Waals surface area contributed by atoms with Gasteiger partial charge < -0.3 is 10.1 Å². The van der Waals surface area contributed by atoms with Crippen LogP contribution in [0.3, 0.4) is 0 Å². The number of ether oxygens (including phenoxy) is 1. The molecule has 2 nitrogen and oxygen atoms in total. The van der Waals surface area contributed by atoms with E-state index in [0.29, 0.717) is 12.6 Å². The van der Waals surface area contributed by atoms with Crippen molar-refractivity contribution < 1.29 is 4.74 Å². The second-order valence-electron chi connectivity index (χ2n) is 4.29. The van der Waals surface area contributed by atoms with Gasteiger partial charge in [-0.2, -0.15) is 11.8 Å². The molecule has 0 amide bonds. The van der Waals surface area contributed by atoms with Crippen molar-refractivity contribution in [3.63, 3.8) is 0 Å². The van der Waals surface area contributed by atoms with Crippen LogP contribution in [0.25, 0.3) is 0 Å². The van der Waals surface area contributed by atoms with E-state index in [2.05, 4.69) is 30.6 Å². The van der Waals surface area contributed by atoms with Gasteiger partial charge in [-0.15, -0.1) is 0 Å². The Balaban J connectivity index is 2.01. The van der Waals surface area contributed by atoms with Crippen LogP contribution in [0.5, 0.6) is 0 Å². The molecule has 88 valence electrons. The molecule has 0 radical (unpaired) electrons. The molecule has 1 heterocycles. The molecule has 0 bridgehead atoms. The minimum absolute atomic E-state index is 0.678. The monoisotopic (exact) mass is 229 g/mol. The molecule has 1 rings (SSSR count). The SMILES string of the molecule is C=C(C)COCCNC1CCCSC1C. The molecule has 0 aromatic heterocycles. The Morgan fingerprint density at radius 1 is 1.60 bits per heavy atom. The fourth-order valence-corrected chi connectivity index (χ4v) is 2.92. The zero-order valence-electron chi connectivity index (χ0n) is 9.92. The third-order valence-corrected chi connectivity index (χ3v) is 3.99. The van der Waals surface area contributed by atoms with Crippen molar-refractivity contribution in [3.8, 4) is 0 Å². The first-order valence-electron chi connectivity index (χ1n) is 5.77. The first-order chi connectivity index (χ1) is 7.20. The second-order valence-corrected chi connectivity index (χ2v) is 5.77. The van der Waals surface area contributed by atoms with Gasteiger partial charge in [0.25, 0.3) is 0 Å².